The molecule has 2 atom stereocenters. The van der Waals surface area contributed by atoms with Gasteiger partial charge in [-0.1, -0.05) is 18.2 Å². The molecule has 0 amide bonds. The van der Waals surface area contributed by atoms with Crippen LogP contribution in [-0.4, -0.2) is 17.7 Å². The van der Waals surface area contributed by atoms with Gasteiger partial charge in [0.2, 0.25) is 0 Å². The number of para-hydroxylation sites is 1. The van der Waals surface area contributed by atoms with Crippen molar-refractivity contribution < 1.29 is 9.66 Å². The normalized spacial score (nSPS) is 28.3. The summed E-state index contributed by atoms with van der Waals surface area (Å²) in [6.45, 7) is 3.99. The maximum atomic E-state index is 13.7. The quantitative estimate of drug-likeness (QED) is 0.339. The number of ether oxygens (including phenoxy) is 1. The Kier molecular flexibility index (Phi) is 2.96. The van der Waals surface area contributed by atoms with Crippen molar-refractivity contribution in [2.24, 2.45) is 0 Å². The van der Waals surface area contributed by atoms with Crippen LogP contribution in [0.15, 0.2) is 48.5 Å². The number of nitrogens with zero attached hydrogens (tertiary/aromatic N) is 2. The summed E-state index contributed by atoms with van der Waals surface area (Å²) >= 11 is 0. The van der Waals surface area contributed by atoms with Gasteiger partial charge in [0.1, 0.15) is 11.4 Å². The van der Waals surface area contributed by atoms with E-state index in [1.165, 1.54) is 12.1 Å². The third-order valence-corrected chi connectivity index (χ3v) is 5.53. The van der Waals surface area contributed by atoms with Crippen LogP contribution in [0.3, 0.4) is 0 Å². The second-order valence-corrected chi connectivity index (χ2v) is 7.18. The molecule has 0 saturated heterocycles. The molecule has 0 bridgehead atoms. The average molecular weight is 338 g/mol. The molecule has 25 heavy (non-hydrogen) atoms. The number of hydroxylamine groups is 2. The van der Waals surface area contributed by atoms with E-state index in [1.807, 2.05) is 38.1 Å². The first-order valence-electron chi connectivity index (χ1n) is 8.05. The minimum atomic E-state index is -1.17. The van der Waals surface area contributed by atoms with Gasteiger partial charge in [0.05, 0.1) is 17.4 Å². The Hall–Kier alpha value is -2.70. The van der Waals surface area contributed by atoms with Gasteiger partial charge in [0, 0.05) is 29.3 Å². The number of hydrogen-bond acceptors (Lipinski definition) is 4. The van der Waals surface area contributed by atoms with E-state index in [2.05, 4.69) is 0 Å². The molecule has 0 radical (unpaired) electrons. The smallest absolute Gasteiger partial charge is 0.276 e. The maximum absolute atomic E-state index is 13.7. The summed E-state index contributed by atoms with van der Waals surface area (Å²) in [4.78, 5) is 10.5. The van der Waals surface area contributed by atoms with Crippen molar-refractivity contribution in [3.8, 4) is 5.75 Å². The van der Waals surface area contributed by atoms with E-state index in [1.54, 1.807) is 25.3 Å². The number of benzene rings is 2. The molecule has 0 fully saturated rings. The lowest BCUT2D eigenvalue weighted by Crippen LogP contribution is -2.66. The molecule has 2 unspecified atom stereocenters. The SMILES string of the molecule is CC1(C)c2ccccc2[N+](C)([O-])C12C=Cc1cc([N+](=O)[O-])ccc1O2. The van der Waals surface area contributed by atoms with Gasteiger partial charge in [-0.2, -0.15) is 0 Å². The predicted octanol–water partition coefficient (Wildman–Crippen LogP) is 4.12. The van der Waals surface area contributed by atoms with Crippen LogP contribution >= 0.6 is 0 Å². The Bertz CT molecular complexity index is 896. The van der Waals surface area contributed by atoms with Crippen LogP contribution < -0.4 is 9.38 Å². The van der Waals surface area contributed by atoms with E-state index in [0.717, 1.165) is 5.56 Å². The van der Waals surface area contributed by atoms with Gasteiger partial charge >= 0.3 is 0 Å². The van der Waals surface area contributed by atoms with Gasteiger partial charge in [-0.25, -0.2) is 0 Å². The lowest BCUT2D eigenvalue weighted by Gasteiger charge is -2.52. The molecule has 2 aromatic carbocycles. The molecule has 2 heterocycles. The average Bonchev–Trinajstić information content (AvgIpc) is 2.71. The van der Waals surface area contributed by atoms with Crippen molar-refractivity contribution in [2.45, 2.75) is 25.0 Å². The Labute approximate surface area is 145 Å². The van der Waals surface area contributed by atoms with Crippen molar-refractivity contribution in [1.29, 1.82) is 0 Å². The number of hydrogen-bond donors (Lipinski definition) is 0. The van der Waals surface area contributed by atoms with E-state index in [4.69, 9.17) is 4.74 Å². The van der Waals surface area contributed by atoms with E-state index in [9.17, 15) is 15.3 Å². The van der Waals surface area contributed by atoms with Crippen LogP contribution in [0.5, 0.6) is 5.75 Å². The number of fused-ring (bicyclic) bond motifs is 2. The summed E-state index contributed by atoms with van der Waals surface area (Å²) in [6.07, 6.45) is 3.51. The minimum Gasteiger partial charge on any atom is -0.624 e. The molecule has 4 rings (SSSR count). The summed E-state index contributed by atoms with van der Waals surface area (Å²) in [6, 6.07) is 12.0. The largest absolute Gasteiger partial charge is 0.624 e. The molecule has 0 N–H and O–H groups in total. The van der Waals surface area contributed by atoms with Gasteiger partial charge in [0.25, 0.3) is 11.4 Å². The standard InChI is InChI=1S/C19H18N2O4/c1-18(2)15-6-4-5-7-16(15)21(3,24)19(18)11-10-13-12-14(20(22)23)8-9-17(13)25-19/h4-12H,1-3H3. The van der Waals surface area contributed by atoms with E-state index >= 15 is 0 Å². The molecule has 0 aromatic heterocycles. The van der Waals surface area contributed by atoms with Crippen molar-refractivity contribution >= 4 is 17.5 Å². The first kappa shape index (κ1) is 15.8. The van der Waals surface area contributed by atoms with Crippen molar-refractivity contribution in [2.75, 3.05) is 7.05 Å². The Balaban J connectivity index is 1.90. The molecule has 1 spiro atoms. The summed E-state index contributed by atoms with van der Waals surface area (Å²) in [7, 11) is 1.59. The first-order chi connectivity index (χ1) is 11.7. The van der Waals surface area contributed by atoms with Gasteiger partial charge in [-0.05, 0) is 32.1 Å². The molecule has 0 saturated carbocycles. The highest BCUT2D eigenvalue weighted by Crippen LogP contribution is 2.57. The zero-order chi connectivity index (χ0) is 18.0. The molecular formula is C19H18N2O4. The molecule has 2 aliphatic rings. The van der Waals surface area contributed by atoms with Gasteiger partial charge in [-0.3, -0.25) is 14.8 Å². The summed E-state index contributed by atoms with van der Waals surface area (Å²) in [5.41, 5.74) is 0.475. The fraction of sp³-hybridized carbons (Fsp3) is 0.263. The molecule has 2 aliphatic heterocycles. The molecule has 6 nitrogen and oxygen atoms in total. The third-order valence-electron chi connectivity index (χ3n) is 5.53. The molecule has 0 aliphatic carbocycles. The lowest BCUT2D eigenvalue weighted by atomic mass is 9.76. The number of nitro benzene ring substituents is 1. The zero-order valence-corrected chi connectivity index (χ0v) is 14.2. The second-order valence-electron chi connectivity index (χ2n) is 7.18. The van der Waals surface area contributed by atoms with Crippen LogP contribution in [0.2, 0.25) is 0 Å². The highest BCUT2D eigenvalue weighted by atomic mass is 16.6. The monoisotopic (exact) mass is 338 g/mol. The van der Waals surface area contributed by atoms with Gasteiger partial charge in [-0.15, -0.1) is 0 Å². The van der Waals surface area contributed by atoms with Crippen LogP contribution in [0, 0.1) is 15.3 Å². The zero-order valence-electron chi connectivity index (χ0n) is 14.2. The highest BCUT2D eigenvalue weighted by molar-refractivity contribution is 5.71. The first-order valence-corrected chi connectivity index (χ1v) is 8.05. The fourth-order valence-electron chi connectivity index (χ4n) is 4.12. The maximum Gasteiger partial charge on any atom is 0.276 e. The second kappa shape index (κ2) is 4.68. The van der Waals surface area contributed by atoms with E-state index < -0.39 is 20.7 Å². The topological polar surface area (TPSA) is 75.4 Å². The number of non-ortho nitro benzene ring substituents is 1. The van der Waals surface area contributed by atoms with Crippen molar-refractivity contribution in [3.05, 3.63) is 75.0 Å². The number of rotatable bonds is 1. The van der Waals surface area contributed by atoms with Crippen LogP contribution in [0.1, 0.15) is 25.0 Å². The minimum absolute atomic E-state index is 0.00343. The Morgan fingerprint density at radius 3 is 2.56 bits per heavy atom. The Morgan fingerprint density at radius 2 is 1.88 bits per heavy atom. The highest BCUT2D eigenvalue weighted by Gasteiger charge is 2.65. The molecule has 6 heteroatoms. The molecule has 128 valence electrons. The van der Waals surface area contributed by atoms with Crippen LogP contribution in [-0.2, 0) is 5.41 Å². The van der Waals surface area contributed by atoms with Crippen LogP contribution in [0.25, 0.3) is 6.08 Å². The van der Waals surface area contributed by atoms with Gasteiger partial charge < -0.3 is 9.94 Å². The van der Waals surface area contributed by atoms with Crippen molar-refractivity contribution in [1.82, 2.24) is 4.65 Å². The third kappa shape index (κ3) is 1.80. The lowest BCUT2D eigenvalue weighted by molar-refractivity contribution is -0.384. The van der Waals surface area contributed by atoms with E-state index in [-0.39, 0.29) is 5.69 Å². The van der Waals surface area contributed by atoms with Crippen molar-refractivity contribution in [3.63, 3.8) is 0 Å². The summed E-state index contributed by atoms with van der Waals surface area (Å²) in [5.74, 6) is 0.481. The molecular weight excluding hydrogens is 320 g/mol. The number of nitro groups is 1. The number of quaternary nitrogens is 1. The summed E-state index contributed by atoms with van der Waals surface area (Å²) < 4.78 is 5.59. The fourth-order valence-corrected chi connectivity index (χ4v) is 4.12. The number of likely N-dealkylation sites (N-methyl/N-ethyl adjacent to an activating group) is 1. The van der Waals surface area contributed by atoms with E-state index in [0.29, 0.717) is 17.0 Å². The Morgan fingerprint density at radius 1 is 1.16 bits per heavy atom. The predicted molar refractivity (Wildman–Crippen MR) is 96.0 cm³/mol. The molecule has 2 aromatic rings. The van der Waals surface area contributed by atoms with Gasteiger partial charge in [0.15, 0.2) is 0 Å². The van der Waals surface area contributed by atoms with Crippen LogP contribution in [0.4, 0.5) is 11.4 Å². The summed E-state index contributed by atoms with van der Waals surface area (Å²) in [5, 5.41) is 24.7.